The minimum Gasteiger partial charge on any atom is -0.393 e. The van der Waals surface area contributed by atoms with Gasteiger partial charge in [0.05, 0.1) is 12.3 Å². The second-order valence-corrected chi connectivity index (χ2v) is 4.05. The van der Waals surface area contributed by atoms with Gasteiger partial charge in [-0.2, -0.15) is 4.98 Å². The van der Waals surface area contributed by atoms with E-state index in [0.717, 1.165) is 12.8 Å². The predicted octanol–water partition coefficient (Wildman–Crippen LogP) is 1.72. The maximum atomic E-state index is 9.09. The Balaban J connectivity index is 2.05. The molecule has 0 aromatic carbocycles. The maximum absolute atomic E-state index is 9.09. The van der Waals surface area contributed by atoms with Crippen LogP contribution in [0.5, 0.6) is 0 Å². The molecule has 1 aromatic rings. The highest BCUT2D eigenvalue weighted by atomic mass is 35.5. The average molecular weight is 234 g/mol. The molecule has 1 saturated carbocycles. The second-order valence-electron chi connectivity index (χ2n) is 3.30. The number of aliphatic hydroxyl groups excluding tert-OH is 1. The van der Waals surface area contributed by atoms with Gasteiger partial charge in [-0.25, -0.2) is 4.98 Å². The van der Waals surface area contributed by atoms with E-state index in [4.69, 9.17) is 28.3 Å². The number of anilines is 1. The predicted molar refractivity (Wildman–Crippen MR) is 54.7 cm³/mol. The number of aliphatic hydroxyl groups is 1. The molecule has 0 aliphatic heterocycles. The highest BCUT2D eigenvalue weighted by Crippen LogP contribution is 2.27. The van der Waals surface area contributed by atoms with E-state index in [1.165, 1.54) is 6.20 Å². The van der Waals surface area contributed by atoms with Gasteiger partial charge in [-0.15, -0.1) is 0 Å². The summed E-state index contributed by atoms with van der Waals surface area (Å²) >= 11 is 11.5. The molecule has 4 nitrogen and oxygen atoms in total. The number of nitrogens with one attached hydrogen (secondary N) is 1. The molecule has 2 rings (SSSR count). The van der Waals surface area contributed by atoms with Gasteiger partial charge in [-0.1, -0.05) is 11.6 Å². The van der Waals surface area contributed by atoms with Crippen molar-refractivity contribution in [1.29, 1.82) is 0 Å². The largest absolute Gasteiger partial charge is 0.393 e. The second kappa shape index (κ2) is 3.88. The molecule has 0 radical (unpaired) electrons. The zero-order valence-corrected chi connectivity index (χ0v) is 8.76. The Hall–Kier alpha value is -0.580. The third-order valence-electron chi connectivity index (χ3n) is 2.17. The monoisotopic (exact) mass is 233 g/mol. The zero-order chi connectivity index (χ0) is 10.1. The maximum Gasteiger partial charge on any atom is 0.224 e. The van der Waals surface area contributed by atoms with Crippen LogP contribution < -0.4 is 5.32 Å². The third kappa shape index (κ3) is 2.08. The Morgan fingerprint density at radius 2 is 2.14 bits per heavy atom. The van der Waals surface area contributed by atoms with Crippen LogP contribution in [-0.4, -0.2) is 27.2 Å². The van der Waals surface area contributed by atoms with Gasteiger partial charge in [-0.05, 0) is 24.4 Å². The van der Waals surface area contributed by atoms with Crippen molar-refractivity contribution in [3.8, 4) is 0 Å². The fourth-order valence-electron chi connectivity index (χ4n) is 1.35. The van der Waals surface area contributed by atoms with E-state index in [9.17, 15) is 0 Å². The van der Waals surface area contributed by atoms with Crippen LogP contribution >= 0.6 is 23.2 Å². The van der Waals surface area contributed by atoms with Crippen LogP contribution in [0, 0.1) is 0 Å². The van der Waals surface area contributed by atoms with Crippen LogP contribution in [-0.2, 0) is 0 Å². The van der Waals surface area contributed by atoms with E-state index in [2.05, 4.69) is 15.3 Å². The van der Waals surface area contributed by atoms with Crippen molar-refractivity contribution in [1.82, 2.24) is 9.97 Å². The van der Waals surface area contributed by atoms with Crippen molar-refractivity contribution < 1.29 is 5.11 Å². The summed E-state index contributed by atoms with van der Waals surface area (Å²) in [4.78, 5) is 7.69. The molecule has 76 valence electrons. The molecule has 0 unspecified atom stereocenters. The lowest BCUT2D eigenvalue weighted by Crippen LogP contribution is -2.39. The lowest BCUT2D eigenvalue weighted by atomic mass is 9.89. The van der Waals surface area contributed by atoms with Gasteiger partial charge in [0.15, 0.2) is 0 Å². The molecule has 1 aliphatic carbocycles. The summed E-state index contributed by atoms with van der Waals surface area (Å²) in [6.07, 6.45) is 2.69. The van der Waals surface area contributed by atoms with E-state index < -0.39 is 0 Å². The van der Waals surface area contributed by atoms with Crippen LogP contribution in [0.2, 0.25) is 10.3 Å². The Morgan fingerprint density at radius 1 is 1.43 bits per heavy atom. The minimum absolute atomic E-state index is 0.164. The molecular formula is C8H9Cl2N3O. The minimum atomic E-state index is -0.205. The van der Waals surface area contributed by atoms with Crippen molar-refractivity contribution in [2.75, 3.05) is 5.32 Å². The summed E-state index contributed by atoms with van der Waals surface area (Å²) in [7, 11) is 0. The van der Waals surface area contributed by atoms with E-state index in [1.807, 2.05) is 0 Å². The van der Waals surface area contributed by atoms with E-state index in [1.54, 1.807) is 0 Å². The fourth-order valence-corrected chi connectivity index (χ4v) is 1.62. The van der Waals surface area contributed by atoms with Gasteiger partial charge >= 0.3 is 0 Å². The molecular weight excluding hydrogens is 225 g/mol. The highest BCUT2D eigenvalue weighted by molar-refractivity contribution is 6.33. The van der Waals surface area contributed by atoms with Gasteiger partial charge in [0.1, 0.15) is 10.8 Å². The summed E-state index contributed by atoms with van der Waals surface area (Å²) < 4.78 is 0. The van der Waals surface area contributed by atoms with Gasteiger partial charge in [0.2, 0.25) is 5.28 Å². The molecule has 1 aliphatic rings. The smallest absolute Gasteiger partial charge is 0.224 e. The van der Waals surface area contributed by atoms with Crippen LogP contribution in [0.3, 0.4) is 0 Å². The first-order chi connectivity index (χ1) is 6.65. The molecule has 2 N–H and O–H groups in total. The Kier molecular flexibility index (Phi) is 2.76. The lowest BCUT2D eigenvalue weighted by Gasteiger charge is -2.32. The molecule has 0 saturated heterocycles. The Morgan fingerprint density at radius 3 is 2.79 bits per heavy atom. The van der Waals surface area contributed by atoms with Gasteiger partial charge in [-0.3, -0.25) is 0 Å². The van der Waals surface area contributed by atoms with Crippen LogP contribution in [0.1, 0.15) is 12.8 Å². The molecule has 6 heteroatoms. The van der Waals surface area contributed by atoms with Crippen LogP contribution in [0.15, 0.2) is 6.20 Å². The SMILES string of the molecule is OC1CC(Nc2nc(Cl)ncc2Cl)C1. The summed E-state index contributed by atoms with van der Waals surface area (Å²) in [6, 6.07) is 0.230. The average Bonchev–Trinajstić information content (AvgIpc) is 2.09. The van der Waals surface area contributed by atoms with E-state index in [-0.39, 0.29) is 17.4 Å². The molecule has 1 heterocycles. The van der Waals surface area contributed by atoms with E-state index in [0.29, 0.717) is 10.8 Å². The summed E-state index contributed by atoms with van der Waals surface area (Å²) in [5, 5.41) is 12.8. The summed E-state index contributed by atoms with van der Waals surface area (Å²) in [6.45, 7) is 0. The van der Waals surface area contributed by atoms with Crippen molar-refractivity contribution in [3.05, 3.63) is 16.5 Å². The standard InChI is InChI=1S/C8H9Cl2N3O/c9-6-3-11-8(10)13-7(6)12-4-1-5(14)2-4/h3-5,14H,1-2H2,(H,11,12,13). The molecule has 0 atom stereocenters. The van der Waals surface area contributed by atoms with Gasteiger partial charge in [0.25, 0.3) is 0 Å². The zero-order valence-electron chi connectivity index (χ0n) is 7.24. The van der Waals surface area contributed by atoms with E-state index >= 15 is 0 Å². The van der Waals surface area contributed by atoms with Gasteiger partial charge < -0.3 is 10.4 Å². The molecule has 1 fully saturated rings. The van der Waals surface area contributed by atoms with Crippen molar-refractivity contribution >= 4 is 29.0 Å². The summed E-state index contributed by atoms with van der Waals surface area (Å²) in [5.74, 6) is 0.531. The van der Waals surface area contributed by atoms with Gasteiger partial charge in [0, 0.05) is 6.04 Å². The Bertz CT molecular complexity index is 341. The number of halogens is 2. The first-order valence-electron chi connectivity index (χ1n) is 4.28. The number of hydrogen-bond acceptors (Lipinski definition) is 4. The summed E-state index contributed by atoms with van der Waals surface area (Å²) in [5.41, 5.74) is 0. The fraction of sp³-hybridized carbons (Fsp3) is 0.500. The van der Waals surface area contributed by atoms with Crippen LogP contribution in [0.25, 0.3) is 0 Å². The number of nitrogens with zero attached hydrogens (tertiary/aromatic N) is 2. The Labute approximate surface area is 91.3 Å². The molecule has 0 bridgehead atoms. The molecule has 0 amide bonds. The lowest BCUT2D eigenvalue weighted by molar-refractivity contribution is 0.0835. The van der Waals surface area contributed by atoms with Crippen molar-refractivity contribution in [3.63, 3.8) is 0 Å². The number of aromatic nitrogens is 2. The molecule has 14 heavy (non-hydrogen) atoms. The van der Waals surface area contributed by atoms with Crippen LogP contribution in [0.4, 0.5) is 5.82 Å². The molecule has 1 aromatic heterocycles. The molecule has 0 spiro atoms. The first kappa shape index (κ1) is 9.96. The quantitative estimate of drug-likeness (QED) is 0.765. The highest BCUT2D eigenvalue weighted by Gasteiger charge is 2.27. The number of rotatable bonds is 2. The topological polar surface area (TPSA) is 58.0 Å². The van der Waals surface area contributed by atoms with Crippen molar-refractivity contribution in [2.24, 2.45) is 0 Å². The first-order valence-corrected chi connectivity index (χ1v) is 5.03. The number of hydrogen-bond donors (Lipinski definition) is 2. The normalized spacial score (nSPS) is 25.6. The van der Waals surface area contributed by atoms with Crippen molar-refractivity contribution in [2.45, 2.75) is 25.0 Å². The third-order valence-corrected chi connectivity index (χ3v) is 2.63.